The van der Waals surface area contributed by atoms with E-state index in [-0.39, 0.29) is 24.0 Å². The Kier molecular flexibility index (Phi) is 5.22. The van der Waals surface area contributed by atoms with Gasteiger partial charge in [0, 0.05) is 12.6 Å². The Morgan fingerprint density at radius 1 is 1.38 bits per heavy atom. The first kappa shape index (κ1) is 13.5. The van der Waals surface area contributed by atoms with Gasteiger partial charge in [-0.05, 0) is 25.7 Å². The molecule has 1 fully saturated rings. The third-order valence-corrected chi connectivity index (χ3v) is 3.71. The van der Waals surface area contributed by atoms with E-state index in [1.807, 2.05) is 6.92 Å². The molecule has 94 valence electrons. The van der Waals surface area contributed by atoms with Gasteiger partial charge >= 0.3 is 5.97 Å². The van der Waals surface area contributed by atoms with E-state index in [9.17, 15) is 9.90 Å². The largest absolute Gasteiger partial charge is 0.481 e. The Balaban J connectivity index is 2.30. The molecule has 16 heavy (non-hydrogen) atoms. The summed E-state index contributed by atoms with van der Waals surface area (Å²) < 4.78 is 0. The number of aliphatic hydroxyl groups excluding tert-OH is 1. The zero-order valence-electron chi connectivity index (χ0n) is 10.1. The van der Waals surface area contributed by atoms with Gasteiger partial charge in [-0.2, -0.15) is 0 Å². The van der Waals surface area contributed by atoms with Crippen molar-refractivity contribution in [1.82, 2.24) is 5.32 Å². The Hall–Kier alpha value is -0.610. The molecular formula is C12H23NO3. The third kappa shape index (κ3) is 3.76. The maximum atomic E-state index is 10.8. The lowest BCUT2D eigenvalue weighted by atomic mass is 9.86. The second kappa shape index (κ2) is 6.21. The van der Waals surface area contributed by atoms with Crippen molar-refractivity contribution in [3.8, 4) is 0 Å². The van der Waals surface area contributed by atoms with E-state index in [4.69, 9.17) is 5.11 Å². The quantitative estimate of drug-likeness (QED) is 0.663. The molecule has 1 aliphatic rings. The molecule has 4 nitrogen and oxygen atoms in total. The smallest absolute Gasteiger partial charge is 0.307 e. The van der Waals surface area contributed by atoms with E-state index in [2.05, 4.69) is 5.32 Å². The van der Waals surface area contributed by atoms with Crippen LogP contribution in [0.1, 0.15) is 39.5 Å². The fourth-order valence-corrected chi connectivity index (χ4v) is 2.15. The second-order valence-corrected chi connectivity index (χ2v) is 4.94. The summed E-state index contributed by atoms with van der Waals surface area (Å²) in [4.78, 5) is 10.8. The summed E-state index contributed by atoms with van der Waals surface area (Å²) >= 11 is 0. The minimum absolute atomic E-state index is 0.0494. The standard InChI is InChI=1S/C12H23NO3/c1-8(12(15)16)9(2)13-7-10-5-3-4-6-11(10)14/h8-11,13-14H,3-7H2,1-2H3,(H,15,16). The predicted octanol–water partition coefficient (Wildman–Crippen LogP) is 1.24. The Labute approximate surface area is 97.0 Å². The topological polar surface area (TPSA) is 69.6 Å². The molecule has 0 bridgehead atoms. The number of carboxylic acids is 1. The number of carbonyl (C=O) groups is 1. The van der Waals surface area contributed by atoms with Crippen LogP contribution in [0, 0.1) is 11.8 Å². The molecule has 0 heterocycles. The monoisotopic (exact) mass is 229 g/mol. The van der Waals surface area contributed by atoms with Gasteiger partial charge in [0.25, 0.3) is 0 Å². The van der Waals surface area contributed by atoms with Gasteiger partial charge in [0.05, 0.1) is 12.0 Å². The number of carboxylic acid groups (broad SMARTS) is 1. The Bertz CT molecular complexity index is 232. The van der Waals surface area contributed by atoms with Crippen LogP contribution in [-0.2, 0) is 4.79 Å². The normalized spacial score (nSPS) is 29.7. The van der Waals surface area contributed by atoms with E-state index in [0.717, 1.165) is 25.8 Å². The molecule has 4 heteroatoms. The highest BCUT2D eigenvalue weighted by Gasteiger charge is 2.25. The number of rotatable bonds is 5. The highest BCUT2D eigenvalue weighted by atomic mass is 16.4. The summed E-state index contributed by atoms with van der Waals surface area (Å²) in [6.45, 7) is 4.31. The van der Waals surface area contributed by atoms with Crippen molar-refractivity contribution in [2.24, 2.45) is 11.8 Å². The van der Waals surface area contributed by atoms with Crippen LogP contribution in [0.3, 0.4) is 0 Å². The van der Waals surface area contributed by atoms with Gasteiger partial charge in [-0.15, -0.1) is 0 Å². The van der Waals surface area contributed by atoms with Crippen LogP contribution in [0.25, 0.3) is 0 Å². The minimum Gasteiger partial charge on any atom is -0.481 e. The molecule has 3 N–H and O–H groups in total. The molecule has 0 aromatic rings. The van der Waals surface area contributed by atoms with Crippen LogP contribution >= 0.6 is 0 Å². The molecular weight excluding hydrogens is 206 g/mol. The fraction of sp³-hybridized carbons (Fsp3) is 0.917. The first-order valence-electron chi connectivity index (χ1n) is 6.16. The number of hydrogen-bond donors (Lipinski definition) is 3. The number of nitrogens with one attached hydrogen (secondary N) is 1. The van der Waals surface area contributed by atoms with Crippen LogP contribution in [0.15, 0.2) is 0 Å². The first-order valence-corrected chi connectivity index (χ1v) is 6.16. The van der Waals surface area contributed by atoms with Crippen molar-refractivity contribution < 1.29 is 15.0 Å². The summed E-state index contributed by atoms with van der Waals surface area (Å²) in [6.07, 6.45) is 4.00. The van der Waals surface area contributed by atoms with Crippen LogP contribution in [0.5, 0.6) is 0 Å². The maximum Gasteiger partial charge on any atom is 0.307 e. The van der Waals surface area contributed by atoms with E-state index >= 15 is 0 Å². The predicted molar refractivity (Wildman–Crippen MR) is 62.2 cm³/mol. The SMILES string of the molecule is CC(NCC1CCCCC1O)C(C)C(=O)O. The lowest BCUT2D eigenvalue weighted by Gasteiger charge is -2.29. The fourth-order valence-electron chi connectivity index (χ4n) is 2.15. The van der Waals surface area contributed by atoms with Crippen molar-refractivity contribution >= 4 is 5.97 Å². The van der Waals surface area contributed by atoms with Gasteiger partial charge in [0.1, 0.15) is 0 Å². The van der Waals surface area contributed by atoms with E-state index < -0.39 is 5.97 Å². The number of aliphatic carboxylic acids is 1. The summed E-state index contributed by atoms with van der Waals surface area (Å²) in [7, 11) is 0. The van der Waals surface area contributed by atoms with E-state index in [0.29, 0.717) is 0 Å². The average Bonchev–Trinajstić information content (AvgIpc) is 2.26. The van der Waals surface area contributed by atoms with Gasteiger partial charge in [0.2, 0.25) is 0 Å². The third-order valence-electron chi connectivity index (χ3n) is 3.71. The molecule has 1 aliphatic carbocycles. The minimum atomic E-state index is -0.774. The molecule has 4 atom stereocenters. The molecule has 0 aliphatic heterocycles. The van der Waals surface area contributed by atoms with E-state index in [1.54, 1.807) is 6.92 Å². The lowest BCUT2D eigenvalue weighted by Crippen LogP contribution is -2.42. The Morgan fingerprint density at radius 2 is 2.00 bits per heavy atom. The summed E-state index contributed by atoms with van der Waals surface area (Å²) in [5, 5.41) is 21.8. The summed E-state index contributed by atoms with van der Waals surface area (Å²) in [5.41, 5.74) is 0. The second-order valence-electron chi connectivity index (χ2n) is 4.94. The zero-order valence-corrected chi connectivity index (χ0v) is 10.1. The molecule has 0 radical (unpaired) electrons. The van der Waals surface area contributed by atoms with Gasteiger partial charge in [-0.3, -0.25) is 4.79 Å². The van der Waals surface area contributed by atoms with Gasteiger partial charge in [0.15, 0.2) is 0 Å². The molecule has 0 spiro atoms. The molecule has 0 aromatic heterocycles. The van der Waals surface area contributed by atoms with Crippen molar-refractivity contribution in [3.63, 3.8) is 0 Å². The molecule has 0 aromatic carbocycles. The lowest BCUT2D eigenvalue weighted by molar-refractivity contribution is -0.141. The van der Waals surface area contributed by atoms with Crippen molar-refractivity contribution in [2.75, 3.05) is 6.54 Å². The highest BCUT2D eigenvalue weighted by molar-refractivity contribution is 5.70. The van der Waals surface area contributed by atoms with Crippen LogP contribution in [0.4, 0.5) is 0 Å². The van der Waals surface area contributed by atoms with Crippen molar-refractivity contribution in [3.05, 3.63) is 0 Å². The van der Waals surface area contributed by atoms with Gasteiger partial charge < -0.3 is 15.5 Å². The highest BCUT2D eigenvalue weighted by Crippen LogP contribution is 2.23. The van der Waals surface area contributed by atoms with Gasteiger partial charge in [-0.25, -0.2) is 0 Å². The molecule has 0 amide bonds. The van der Waals surface area contributed by atoms with Crippen LogP contribution in [-0.4, -0.2) is 34.9 Å². The van der Waals surface area contributed by atoms with Crippen molar-refractivity contribution in [2.45, 2.75) is 51.7 Å². The average molecular weight is 229 g/mol. The van der Waals surface area contributed by atoms with Crippen LogP contribution in [0.2, 0.25) is 0 Å². The number of aliphatic hydroxyl groups is 1. The van der Waals surface area contributed by atoms with Crippen LogP contribution < -0.4 is 5.32 Å². The molecule has 4 unspecified atom stereocenters. The molecule has 0 saturated heterocycles. The zero-order chi connectivity index (χ0) is 12.1. The van der Waals surface area contributed by atoms with E-state index in [1.165, 1.54) is 6.42 Å². The Morgan fingerprint density at radius 3 is 2.56 bits per heavy atom. The first-order chi connectivity index (χ1) is 7.52. The van der Waals surface area contributed by atoms with Gasteiger partial charge in [-0.1, -0.05) is 19.8 Å². The maximum absolute atomic E-state index is 10.8. The molecule has 1 saturated carbocycles. The summed E-state index contributed by atoms with van der Waals surface area (Å²) in [6, 6.07) is -0.0494. The van der Waals surface area contributed by atoms with Crippen molar-refractivity contribution in [1.29, 1.82) is 0 Å². The molecule has 1 rings (SSSR count). The summed E-state index contributed by atoms with van der Waals surface area (Å²) in [5.74, 6) is -0.873. The number of hydrogen-bond acceptors (Lipinski definition) is 3.